The Bertz CT molecular complexity index is 1050. The molecule has 158 valence electrons. The zero-order chi connectivity index (χ0) is 22.2. The van der Waals surface area contributed by atoms with Crippen LogP contribution in [0.1, 0.15) is 36.1 Å². The lowest BCUT2D eigenvalue weighted by atomic mass is 10.0. The van der Waals surface area contributed by atoms with E-state index in [1.54, 1.807) is 20.8 Å². The van der Waals surface area contributed by atoms with Gasteiger partial charge in [0.2, 0.25) is 5.91 Å². The van der Waals surface area contributed by atoms with Crippen LogP contribution in [0.2, 0.25) is 0 Å². The Balaban J connectivity index is 1.87. The highest BCUT2D eigenvalue weighted by Crippen LogP contribution is 2.38. The van der Waals surface area contributed by atoms with Crippen molar-refractivity contribution in [1.29, 1.82) is 0 Å². The Morgan fingerprint density at radius 3 is 2.67 bits per heavy atom. The van der Waals surface area contributed by atoms with Gasteiger partial charge in [0.25, 0.3) is 11.6 Å². The van der Waals surface area contributed by atoms with E-state index in [2.05, 4.69) is 10.3 Å². The number of hydrogen-bond acceptors (Lipinski definition) is 8. The summed E-state index contributed by atoms with van der Waals surface area (Å²) in [5.74, 6) is -1.12. The minimum atomic E-state index is -0.876. The highest BCUT2D eigenvalue weighted by molar-refractivity contribution is 7.17. The molecule has 10 nitrogen and oxygen atoms in total. The first-order valence-electron chi connectivity index (χ1n) is 9.13. The minimum Gasteiger partial charge on any atom is -0.478 e. The number of amides is 2. The number of thiazole rings is 1. The van der Waals surface area contributed by atoms with E-state index in [1.165, 1.54) is 30.0 Å². The monoisotopic (exact) mass is 432 g/mol. The summed E-state index contributed by atoms with van der Waals surface area (Å²) in [6, 6.07) is 3.88. The number of rotatable bonds is 6. The number of carbonyl (C=O) groups is 3. The number of hydrogen-bond donors (Lipinski definition) is 1. The Hall–Kier alpha value is -3.34. The van der Waals surface area contributed by atoms with Crippen molar-refractivity contribution in [2.45, 2.75) is 33.8 Å². The third-order valence-electron chi connectivity index (χ3n) is 4.48. The molecule has 0 bridgehead atoms. The van der Waals surface area contributed by atoms with Gasteiger partial charge in [-0.25, -0.2) is 4.98 Å². The zero-order valence-electron chi connectivity index (χ0n) is 16.8. The molecule has 1 atom stereocenters. The van der Waals surface area contributed by atoms with Gasteiger partial charge in [0, 0.05) is 13.0 Å². The number of carbonyl (C=O) groups excluding carboxylic acids is 3. The van der Waals surface area contributed by atoms with Crippen molar-refractivity contribution in [1.82, 2.24) is 4.98 Å². The van der Waals surface area contributed by atoms with Crippen molar-refractivity contribution in [2.75, 3.05) is 16.8 Å². The molecule has 3 rings (SSSR count). The van der Waals surface area contributed by atoms with Gasteiger partial charge in [-0.15, -0.1) is 0 Å². The second-order valence-corrected chi connectivity index (χ2v) is 8.15. The van der Waals surface area contributed by atoms with Crippen LogP contribution in [0.4, 0.5) is 16.5 Å². The van der Waals surface area contributed by atoms with Gasteiger partial charge in [0.15, 0.2) is 22.8 Å². The summed E-state index contributed by atoms with van der Waals surface area (Å²) in [6.45, 7) is 6.32. The van der Waals surface area contributed by atoms with Gasteiger partial charge in [0.1, 0.15) is 6.54 Å². The normalized spacial score (nSPS) is 15.6. The van der Waals surface area contributed by atoms with Crippen molar-refractivity contribution in [2.24, 2.45) is 5.92 Å². The van der Waals surface area contributed by atoms with Crippen LogP contribution < -0.4 is 15.0 Å². The van der Waals surface area contributed by atoms with E-state index in [-0.39, 0.29) is 40.5 Å². The van der Waals surface area contributed by atoms with Gasteiger partial charge >= 0.3 is 0 Å². The van der Waals surface area contributed by atoms with Crippen LogP contribution in [0.15, 0.2) is 18.2 Å². The molecule has 1 unspecified atom stereocenters. The number of Topliss-reactive ketones (excluding diaryl/α,β-unsaturated/α-hetero) is 1. The fraction of sp³-hybridized carbons (Fsp3) is 0.368. The van der Waals surface area contributed by atoms with Gasteiger partial charge in [-0.2, -0.15) is 0 Å². The Morgan fingerprint density at radius 1 is 1.40 bits per heavy atom. The number of nitro benzene ring substituents is 1. The zero-order valence-corrected chi connectivity index (χ0v) is 17.6. The smallest absolute Gasteiger partial charge is 0.273 e. The maximum atomic E-state index is 12.9. The Morgan fingerprint density at radius 2 is 2.10 bits per heavy atom. The van der Waals surface area contributed by atoms with E-state index in [0.29, 0.717) is 10.6 Å². The Kier molecular flexibility index (Phi) is 5.83. The summed E-state index contributed by atoms with van der Waals surface area (Å²) in [7, 11) is 0. The summed E-state index contributed by atoms with van der Waals surface area (Å²) >= 11 is 1.06. The number of nitro groups is 1. The molecule has 0 radical (unpaired) electrons. The molecule has 1 aliphatic heterocycles. The van der Waals surface area contributed by atoms with Crippen LogP contribution >= 0.6 is 11.3 Å². The molecule has 30 heavy (non-hydrogen) atoms. The second-order valence-electron chi connectivity index (χ2n) is 7.15. The number of non-ortho nitro benzene ring substituents is 1. The second kappa shape index (κ2) is 8.19. The van der Waals surface area contributed by atoms with Crippen molar-refractivity contribution in [3.05, 3.63) is 38.9 Å². The van der Waals surface area contributed by atoms with E-state index in [1.807, 2.05) is 0 Å². The van der Waals surface area contributed by atoms with Crippen molar-refractivity contribution in [3.63, 3.8) is 0 Å². The average Bonchev–Trinajstić information content (AvgIpc) is 3.03. The highest BCUT2D eigenvalue weighted by atomic mass is 32.1. The average molecular weight is 432 g/mol. The lowest BCUT2D eigenvalue weighted by Crippen LogP contribution is -2.50. The fourth-order valence-electron chi connectivity index (χ4n) is 3.06. The number of nitrogens with one attached hydrogen (secondary N) is 1. The molecule has 2 aromatic rings. The van der Waals surface area contributed by atoms with E-state index in [4.69, 9.17) is 4.74 Å². The van der Waals surface area contributed by atoms with Gasteiger partial charge in [-0.05, 0) is 18.9 Å². The first-order valence-corrected chi connectivity index (χ1v) is 9.94. The summed E-state index contributed by atoms with van der Waals surface area (Å²) < 4.78 is 5.70. The molecule has 0 aliphatic carbocycles. The molecule has 1 N–H and O–H groups in total. The third kappa shape index (κ3) is 4.15. The van der Waals surface area contributed by atoms with Crippen molar-refractivity contribution >= 4 is 45.4 Å². The first kappa shape index (κ1) is 21.4. The lowest BCUT2D eigenvalue weighted by Gasteiger charge is -2.35. The van der Waals surface area contributed by atoms with E-state index < -0.39 is 22.8 Å². The molecule has 1 aromatic carbocycles. The molecule has 2 amide bonds. The predicted molar refractivity (Wildman–Crippen MR) is 110 cm³/mol. The fourth-order valence-corrected chi connectivity index (χ4v) is 3.93. The summed E-state index contributed by atoms with van der Waals surface area (Å²) in [6.07, 6.45) is -0.876. The maximum Gasteiger partial charge on any atom is 0.273 e. The number of fused-ring (bicyclic) bond motifs is 1. The molecule has 0 saturated heterocycles. The van der Waals surface area contributed by atoms with Crippen LogP contribution in [0.3, 0.4) is 0 Å². The number of ether oxygens (including phenoxy) is 1. The van der Waals surface area contributed by atoms with E-state index in [9.17, 15) is 24.5 Å². The third-order valence-corrected chi connectivity index (χ3v) is 5.65. The van der Waals surface area contributed by atoms with Gasteiger partial charge in [-0.3, -0.25) is 29.4 Å². The molecular formula is C19H20N4O6S. The Labute approximate surface area is 176 Å². The molecule has 2 heterocycles. The lowest BCUT2D eigenvalue weighted by molar-refractivity contribution is -0.384. The van der Waals surface area contributed by atoms with E-state index >= 15 is 0 Å². The molecule has 11 heteroatoms. The standard InChI is InChI=1S/C19H20N4O6S/c1-9(2)16-18(26)22(13-6-5-12(23(27)28)7-14(13)29-16)8-15(25)21-19-20-10(3)17(30-19)11(4)24/h5-7,9,16H,8H2,1-4H3,(H,20,21,25). The van der Waals surface area contributed by atoms with Crippen LogP contribution in [0.5, 0.6) is 5.75 Å². The van der Waals surface area contributed by atoms with Crippen molar-refractivity contribution in [3.8, 4) is 5.75 Å². The molecule has 1 aliphatic rings. The van der Waals surface area contributed by atoms with Crippen molar-refractivity contribution < 1.29 is 24.0 Å². The largest absolute Gasteiger partial charge is 0.478 e. The number of ketones is 1. The number of nitrogens with zero attached hydrogens (tertiary/aromatic N) is 3. The number of anilines is 2. The molecule has 0 saturated carbocycles. The molecule has 1 aromatic heterocycles. The molecule has 0 fully saturated rings. The SMILES string of the molecule is CC(=O)c1sc(NC(=O)CN2C(=O)C(C(C)C)Oc3cc([N+](=O)[O-])ccc32)nc1C. The highest BCUT2D eigenvalue weighted by Gasteiger charge is 2.38. The van der Waals surface area contributed by atoms with Gasteiger partial charge < -0.3 is 10.1 Å². The first-order chi connectivity index (χ1) is 14.1. The van der Waals surface area contributed by atoms with Gasteiger partial charge in [-0.1, -0.05) is 25.2 Å². The van der Waals surface area contributed by atoms with Gasteiger partial charge in [0.05, 0.1) is 27.2 Å². The summed E-state index contributed by atoms with van der Waals surface area (Å²) in [5, 5.41) is 13.9. The predicted octanol–water partition coefficient (Wildman–Crippen LogP) is 2.95. The van der Waals surface area contributed by atoms with Crippen LogP contribution in [-0.2, 0) is 9.59 Å². The number of aromatic nitrogens is 1. The minimum absolute atomic E-state index is 0.149. The van der Waals surface area contributed by atoms with Crippen LogP contribution in [-0.4, -0.2) is 40.2 Å². The summed E-state index contributed by atoms with van der Waals surface area (Å²) in [4.78, 5) is 53.5. The van der Waals surface area contributed by atoms with Crippen LogP contribution in [0, 0.1) is 23.0 Å². The number of benzene rings is 1. The van der Waals surface area contributed by atoms with Crippen LogP contribution in [0.25, 0.3) is 0 Å². The number of aryl methyl sites for hydroxylation is 1. The molecular weight excluding hydrogens is 412 g/mol. The quantitative estimate of drug-likeness (QED) is 0.422. The topological polar surface area (TPSA) is 132 Å². The molecule has 0 spiro atoms. The summed E-state index contributed by atoms with van der Waals surface area (Å²) in [5.41, 5.74) is 0.616. The van der Waals surface area contributed by atoms with E-state index in [0.717, 1.165) is 11.3 Å². The maximum absolute atomic E-state index is 12.9.